The molecule has 3 nitrogen and oxygen atoms in total. The fraction of sp³-hybridized carbons (Fsp3) is 0.429. The molecule has 0 atom stereocenters. The summed E-state index contributed by atoms with van der Waals surface area (Å²) in [5.74, 6) is -0.366. The second-order valence-electron chi connectivity index (χ2n) is 4.23. The zero-order valence-electron chi connectivity index (χ0n) is 10.5. The molecular weight excluding hydrogens is 214 g/mol. The summed E-state index contributed by atoms with van der Waals surface area (Å²) in [5.41, 5.74) is 1.98. The van der Waals surface area contributed by atoms with E-state index < -0.39 is 0 Å². The van der Waals surface area contributed by atoms with Gasteiger partial charge >= 0.3 is 0 Å². The third-order valence-corrected chi connectivity index (χ3v) is 2.44. The van der Waals surface area contributed by atoms with Gasteiger partial charge in [-0.15, -0.1) is 0 Å². The molecule has 92 valence electrons. The Labute approximate surface area is 102 Å². The van der Waals surface area contributed by atoms with Crippen molar-refractivity contribution in [1.82, 2.24) is 0 Å². The summed E-state index contributed by atoms with van der Waals surface area (Å²) in [6, 6.07) is 7.78. The number of anilines is 1. The van der Waals surface area contributed by atoms with Gasteiger partial charge in [-0.3, -0.25) is 9.59 Å². The number of carbonyl (C=O) groups is 2. The average Bonchev–Trinajstić information content (AvgIpc) is 2.25. The van der Waals surface area contributed by atoms with Crippen LogP contribution >= 0.6 is 0 Å². The Kier molecular flexibility index (Phi) is 5.40. The van der Waals surface area contributed by atoms with E-state index in [0.29, 0.717) is 0 Å². The van der Waals surface area contributed by atoms with Gasteiger partial charge in [0.2, 0.25) is 5.91 Å². The van der Waals surface area contributed by atoms with E-state index in [0.717, 1.165) is 24.9 Å². The van der Waals surface area contributed by atoms with Crippen molar-refractivity contribution in [2.45, 2.75) is 39.5 Å². The molecule has 0 aromatic heterocycles. The van der Waals surface area contributed by atoms with Crippen molar-refractivity contribution in [2.24, 2.45) is 0 Å². The number of hydrogen-bond donors (Lipinski definition) is 1. The highest BCUT2D eigenvalue weighted by atomic mass is 16.2. The molecule has 1 amide bonds. The molecule has 0 aliphatic rings. The van der Waals surface area contributed by atoms with Gasteiger partial charge in [0.25, 0.3) is 0 Å². The van der Waals surface area contributed by atoms with E-state index in [4.69, 9.17) is 0 Å². The minimum Gasteiger partial charge on any atom is -0.326 e. The Morgan fingerprint density at radius 1 is 1.29 bits per heavy atom. The smallest absolute Gasteiger partial charge is 0.231 e. The summed E-state index contributed by atoms with van der Waals surface area (Å²) in [6.45, 7) is 3.57. The molecular formula is C14H19NO2. The molecule has 0 heterocycles. The molecule has 0 unspecified atom stereocenters. The number of rotatable bonds is 6. The second kappa shape index (κ2) is 6.84. The van der Waals surface area contributed by atoms with Crippen molar-refractivity contribution >= 4 is 17.4 Å². The summed E-state index contributed by atoms with van der Waals surface area (Å²) in [7, 11) is 0. The number of Topliss-reactive ketones (excluding diaryl/α,β-unsaturated/α-hetero) is 1. The number of amides is 1. The number of unbranched alkanes of at least 4 members (excludes halogenated alkanes) is 1. The van der Waals surface area contributed by atoms with E-state index >= 15 is 0 Å². The van der Waals surface area contributed by atoms with Crippen molar-refractivity contribution in [1.29, 1.82) is 0 Å². The number of carbonyl (C=O) groups excluding carboxylic acids is 2. The van der Waals surface area contributed by atoms with Crippen molar-refractivity contribution in [3.05, 3.63) is 29.8 Å². The first-order chi connectivity index (χ1) is 8.11. The van der Waals surface area contributed by atoms with Crippen LogP contribution in [0.2, 0.25) is 0 Å². The van der Waals surface area contributed by atoms with Crippen LogP contribution in [0.3, 0.4) is 0 Å². The molecule has 1 aromatic rings. The van der Waals surface area contributed by atoms with Gasteiger partial charge in [-0.2, -0.15) is 0 Å². The lowest BCUT2D eigenvalue weighted by Gasteiger charge is -2.06. The number of benzene rings is 1. The summed E-state index contributed by atoms with van der Waals surface area (Å²) in [5, 5.41) is 2.73. The van der Waals surface area contributed by atoms with Crippen LogP contribution in [0.25, 0.3) is 0 Å². The molecule has 1 N–H and O–H groups in total. The highest BCUT2D eigenvalue weighted by Gasteiger charge is 2.05. The van der Waals surface area contributed by atoms with Crippen LogP contribution in [0.1, 0.15) is 38.7 Å². The third kappa shape index (κ3) is 5.29. The van der Waals surface area contributed by atoms with Crippen LogP contribution in [-0.2, 0) is 16.0 Å². The predicted octanol–water partition coefficient (Wildman–Crippen LogP) is 2.95. The molecule has 0 spiro atoms. The maximum Gasteiger partial charge on any atom is 0.231 e. The van der Waals surface area contributed by atoms with Crippen LogP contribution < -0.4 is 5.32 Å². The van der Waals surface area contributed by atoms with E-state index in [9.17, 15) is 9.59 Å². The largest absolute Gasteiger partial charge is 0.326 e. The highest BCUT2D eigenvalue weighted by Crippen LogP contribution is 2.13. The van der Waals surface area contributed by atoms with Gasteiger partial charge < -0.3 is 5.32 Å². The Balaban J connectivity index is 2.58. The lowest BCUT2D eigenvalue weighted by molar-refractivity contribution is -0.124. The van der Waals surface area contributed by atoms with Gasteiger partial charge in [0.15, 0.2) is 0 Å². The number of hydrogen-bond acceptors (Lipinski definition) is 2. The van der Waals surface area contributed by atoms with Gasteiger partial charge in [0.05, 0.1) is 6.42 Å². The Morgan fingerprint density at radius 3 is 2.71 bits per heavy atom. The van der Waals surface area contributed by atoms with Crippen LogP contribution in [0.15, 0.2) is 24.3 Å². The number of ketones is 1. The van der Waals surface area contributed by atoms with Crippen molar-refractivity contribution in [2.75, 3.05) is 5.32 Å². The number of nitrogens with one attached hydrogen (secondary N) is 1. The zero-order valence-corrected chi connectivity index (χ0v) is 10.5. The van der Waals surface area contributed by atoms with Gasteiger partial charge in [-0.1, -0.05) is 25.5 Å². The maximum absolute atomic E-state index is 11.4. The summed E-state index contributed by atoms with van der Waals surface area (Å²) in [6.07, 6.45) is 3.26. The molecule has 0 aliphatic heterocycles. The standard InChI is InChI=1S/C14H19NO2/c1-3-4-6-12-7-5-8-13(10-12)15-14(17)9-11(2)16/h5,7-8,10H,3-4,6,9H2,1-2H3,(H,15,17). The van der Waals surface area contributed by atoms with Crippen LogP contribution in [0.4, 0.5) is 5.69 Å². The molecule has 0 aliphatic carbocycles. The van der Waals surface area contributed by atoms with Gasteiger partial charge in [-0.05, 0) is 37.5 Å². The normalized spacial score (nSPS) is 10.0. The molecule has 17 heavy (non-hydrogen) atoms. The lowest BCUT2D eigenvalue weighted by Crippen LogP contribution is -2.14. The van der Waals surface area contributed by atoms with E-state index in [1.807, 2.05) is 18.2 Å². The zero-order chi connectivity index (χ0) is 12.7. The van der Waals surface area contributed by atoms with Gasteiger partial charge in [-0.25, -0.2) is 0 Å². The summed E-state index contributed by atoms with van der Waals surface area (Å²) >= 11 is 0. The first-order valence-electron chi connectivity index (χ1n) is 6.00. The highest BCUT2D eigenvalue weighted by molar-refractivity contribution is 6.03. The first kappa shape index (κ1) is 13.4. The van der Waals surface area contributed by atoms with E-state index in [2.05, 4.69) is 18.3 Å². The number of aryl methyl sites for hydroxylation is 1. The summed E-state index contributed by atoms with van der Waals surface area (Å²) in [4.78, 5) is 22.2. The van der Waals surface area contributed by atoms with Crippen molar-refractivity contribution in [3.8, 4) is 0 Å². The van der Waals surface area contributed by atoms with Crippen LogP contribution in [0, 0.1) is 0 Å². The van der Waals surface area contributed by atoms with E-state index in [-0.39, 0.29) is 18.1 Å². The molecule has 0 bridgehead atoms. The predicted molar refractivity (Wildman–Crippen MR) is 69.0 cm³/mol. The maximum atomic E-state index is 11.4. The van der Waals surface area contributed by atoms with E-state index in [1.165, 1.54) is 12.5 Å². The fourth-order valence-electron chi connectivity index (χ4n) is 1.62. The van der Waals surface area contributed by atoms with Gasteiger partial charge in [0.1, 0.15) is 5.78 Å². The Bertz CT molecular complexity index is 399. The first-order valence-corrected chi connectivity index (χ1v) is 6.00. The average molecular weight is 233 g/mol. The SMILES string of the molecule is CCCCc1cccc(NC(=O)CC(C)=O)c1. The van der Waals surface area contributed by atoms with Gasteiger partial charge in [0, 0.05) is 5.69 Å². The fourth-order valence-corrected chi connectivity index (χ4v) is 1.62. The molecule has 0 saturated heterocycles. The Hall–Kier alpha value is -1.64. The minimum absolute atomic E-state index is 0.0564. The Morgan fingerprint density at radius 2 is 2.06 bits per heavy atom. The molecule has 3 heteroatoms. The molecule has 0 saturated carbocycles. The van der Waals surface area contributed by atoms with Crippen molar-refractivity contribution < 1.29 is 9.59 Å². The molecule has 0 fully saturated rings. The van der Waals surface area contributed by atoms with Crippen molar-refractivity contribution in [3.63, 3.8) is 0 Å². The lowest BCUT2D eigenvalue weighted by atomic mass is 10.1. The topological polar surface area (TPSA) is 46.2 Å². The molecule has 0 radical (unpaired) electrons. The molecule has 1 aromatic carbocycles. The third-order valence-electron chi connectivity index (χ3n) is 2.44. The monoisotopic (exact) mass is 233 g/mol. The van der Waals surface area contributed by atoms with Crippen LogP contribution in [-0.4, -0.2) is 11.7 Å². The minimum atomic E-state index is -0.245. The molecule has 1 rings (SSSR count). The van der Waals surface area contributed by atoms with E-state index in [1.54, 1.807) is 0 Å². The summed E-state index contributed by atoms with van der Waals surface area (Å²) < 4.78 is 0. The van der Waals surface area contributed by atoms with Crippen LogP contribution in [0.5, 0.6) is 0 Å². The second-order valence-corrected chi connectivity index (χ2v) is 4.23. The quantitative estimate of drug-likeness (QED) is 0.768.